The van der Waals surface area contributed by atoms with Crippen molar-refractivity contribution in [2.75, 3.05) is 7.11 Å². The number of carbonyl (C=O) groups excluding carboxylic acids is 1. The van der Waals surface area contributed by atoms with E-state index in [0.29, 0.717) is 27.9 Å². The third-order valence-corrected chi connectivity index (χ3v) is 7.07. The van der Waals surface area contributed by atoms with Crippen molar-refractivity contribution >= 4 is 17.0 Å². The highest BCUT2D eigenvalue weighted by Crippen LogP contribution is 2.39. The molecule has 0 N–H and O–H groups in total. The molecule has 0 aliphatic heterocycles. The number of fused-ring (bicyclic) bond motifs is 1. The molecule has 2 aromatic heterocycles. The third kappa shape index (κ3) is 5.37. The minimum Gasteiger partial charge on any atom is -0.473 e. The van der Waals surface area contributed by atoms with Crippen LogP contribution in [0.3, 0.4) is 0 Å². The van der Waals surface area contributed by atoms with Crippen LogP contribution in [0.2, 0.25) is 0 Å². The van der Waals surface area contributed by atoms with E-state index in [1.54, 1.807) is 48.5 Å². The number of hydrogen-bond donors (Lipinski definition) is 0. The van der Waals surface area contributed by atoms with E-state index >= 15 is 4.39 Å². The molecule has 6 rings (SSSR count). The summed E-state index contributed by atoms with van der Waals surface area (Å²) in [5.41, 5.74) is 4.13. The van der Waals surface area contributed by atoms with Crippen molar-refractivity contribution in [3.05, 3.63) is 113 Å². The first-order valence-electron chi connectivity index (χ1n) is 13.1. The summed E-state index contributed by atoms with van der Waals surface area (Å²) in [7, 11) is 1.35. The molecule has 1 fully saturated rings. The largest absolute Gasteiger partial charge is 0.473 e. The molecule has 0 bridgehead atoms. The second-order valence-electron chi connectivity index (χ2n) is 9.87. The van der Waals surface area contributed by atoms with Gasteiger partial charge in [0, 0.05) is 29.7 Å². The van der Waals surface area contributed by atoms with Crippen LogP contribution in [-0.4, -0.2) is 27.6 Å². The first kappa shape index (κ1) is 26.1. The Kier molecular flexibility index (Phi) is 6.89. The van der Waals surface area contributed by atoms with Gasteiger partial charge in [0.15, 0.2) is 0 Å². The zero-order valence-corrected chi connectivity index (χ0v) is 22.1. The molecule has 9 heteroatoms. The van der Waals surface area contributed by atoms with Crippen LogP contribution in [0.25, 0.3) is 22.3 Å². The lowest BCUT2D eigenvalue weighted by Gasteiger charge is -2.11. The summed E-state index contributed by atoms with van der Waals surface area (Å²) in [5, 5.41) is 8.91. The first-order valence-corrected chi connectivity index (χ1v) is 13.1. The Bertz CT molecular complexity index is 1840. The smallest absolute Gasteiger partial charge is 0.337 e. The number of carbonyl (C=O) groups is 1. The van der Waals surface area contributed by atoms with Gasteiger partial charge in [-0.25, -0.2) is 23.5 Å². The predicted octanol–water partition coefficient (Wildman–Crippen LogP) is 6.54. The zero-order chi connectivity index (χ0) is 28.5. The molecule has 0 radical (unpaired) electrons. The number of benzene rings is 3. The Morgan fingerprint density at radius 1 is 1.00 bits per heavy atom. The predicted molar refractivity (Wildman–Crippen MR) is 147 cm³/mol. The van der Waals surface area contributed by atoms with Crippen molar-refractivity contribution in [2.45, 2.75) is 31.9 Å². The van der Waals surface area contributed by atoms with Crippen LogP contribution in [0, 0.1) is 23.0 Å². The van der Waals surface area contributed by atoms with Gasteiger partial charge in [0.05, 0.1) is 41.0 Å². The number of imidazole rings is 1. The Morgan fingerprint density at radius 3 is 2.54 bits per heavy atom. The van der Waals surface area contributed by atoms with Gasteiger partial charge in [-0.1, -0.05) is 24.3 Å². The van der Waals surface area contributed by atoms with Gasteiger partial charge in [0.1, 0.15) is 24.1 Å². The lowest BCUT2D eigenvalue weighted by Crippen LogP contribution is -2.05. The maximum atomic E-state index is 15.4. The second-order valence-corrected chi connectivity index (χ2v) is 9.87. The molecule has 0 saturated heterocycles. The highest BCUT2D eigenvalue weighted by Gasteiger charge is 2.29. The van der Waals surface area contributed by atoms with E-state index in [0.717, 1.165) is 35.8 Å². The number of esters is 1. The summed E-state index contributed by atoms with van der Waals surface area (Å²) in [6, 6.07) is 21.7. The summed E-state index contributed by atoms with van der Waals surface area (Å²) in [6.07, 6.45) is 2.30. The minimum atomic E-state index is -0.531. The molecule has 1 aliphatic carbocycles. The molecular weight excluding hydrogens is 526 g/mol. The summed E-state index contributed by atoms with van der Waals surface area (Å²) in [6.45, 7) is -0.0651. The van der Waals surface area contributed by atoms with Crippen LogP contribution in [-0.2, 0) is 17.8 Å². The molecule has 204 valence electrons. The van der Waals surface area contributed by atoms with Gasteiger partial charge in [-0.3, -0.25) is 0 Å². The summed E-state index contributed by atoms with van der Waals surface area (Å²) < 4.78 is 42.2. The van der Waals surface area contributed by atoms with Crippen LogP contribution in [0.15, 0.2) is 72.8 Å². The van der Waals surface area contributed by atoms with Gasteiger partial charge in [-0.15, -0.1) is 0 Å². The van der Waals surface area contributed by atoms with Gasteiger partial charge in [-0.05, 0) is 60.9 Å². The fraction of sp³-hybridized carbons (Fsp3) is 0.188. The summed E-state index contributed by atoms with van der Waals surface area (Å²) in [4.78, 5) is 21.3. The summed E-state index contributed by atoms with van der Waals surface area (Å²) in [5.74, 6) is -0.333. The van der Waals surface area contributed by atoms with Gasteiger partial charge < -0.3 is 14.0 Å². The Hall–Kier alpha value is -5.10. The van der Waals surface area contributed by atoms with Crippen molar-refractivity contribution in [1.29, 1.82) is 5.26 Å². The van der Waals surface area contributed by atoms with E-state index in [1.165, 1.54) is 25.3 Å². The van der Waals surface area contributed by atoms with Crippen LogP contribution in [0.4, 0.5) is 8.78 Å². The number of pyridine rings is 1. The van der Waals surface area contributed by atoms with Crippen LogP contribution >= 0.6 is 0 Å². The monoisotopic (exact) mass is 550 g/mol. The zero-order valence-electron chi connectivity index (χ0n) is 22.1. The molecule has 1 saturated carbocycles. The Balaban J connectivity index is 1.22. The van der Waals surface area contributed by atoms with Gasteiger partial charge in [-0.2, -0.15) is 5.26 Å². The number of hydrogen-bond acceptors (Lipinski definition) is 6. The average Bonchev–Trinajstić information content (AvgIpc) is 3.77. The quantitative estimate of drug-likeness (QED) is 0.204. The van der Waals surface area contributed by atoms with E-state index in [2.05, 4.69) is 9.55 Å². The number of nitrogens with zero attached hydrogens (tertiary/aromatic N) is 4. The second kappa shape index (κ2) is 10.8. The highest BCUT2D eigenvalue weighted by atomic mass is 19.1. The van der Waals surface area contributed by atoms with Crippen molar-refractivity contribution in [2.24, 2.45) is 0 Å². The molecule has 3 aromatic carbocycles. The van der Waals surface area contributed by atoms with E-state index in [9.17, 15) is 9.18 Å². The summed E-state index contributed by atoms with van der Waals surface area (Å²) >= 11 is 0. The molecule has 7 nitrogen and oxygen atoms in total. The lowest BCUT2D eigenvalue weighted by atomic mass is 10.1. The lowest BCUT2D eigenvalue weighted by molar-refractivity contribution is 0.0601. The standard InChI is InChI=1S/C32H24F2N4O3/c1-40-32(39)22-9-12-28-29(15-22)38(24-10-11-24)30(36-28)16-20-7-8-21(14-26(20)34)27-3-2-4-31(37-27)41-18-23-6-5-19(17-35)13-25(23)33/h2-9,12-15,24H,10-11,16,18H2,1H3. The molecule has 2 heterocycles. The third-order valence-electron chi connectivity index (χ3n) is 7.07. The maximum Gasteiger partial charge on any atom is 0.337 e. The van der Waals surface area contributed by atoms with Crippen molar-refractivity contribution in [1.82, 2.24) is 14.5 Å². The fourth-order valence-electron chi connectivity index (χ4n) is 4.81. The van der Waals surface area contributed by atoms with Crippen LogP contribution in [0.5, 0.6) is 5.88 Å². The fourth-order valence-corrected chi connectivity index (χ4v) is 4.81. The van der Waals surface area contributed by atoms with Crippen molar-refractivity contribution < 1.29 is 23.0 Å². The molecule has 5 aromatic rings. The topological polar surface area (TPSA) is 90.0 Å². The number of ether oxygens (including phenoxy) is 2. The normalized spacial score (nSPS) is 12.7. The molecular formula is C32H24F2N4O3. The van der Waals surface area contributed by atoms with Gasteiger partial charge in [0.2, 0.25) is 5.88 Å². The molecule has 1 aliphatic rings. The van der Waals surface area contributed by atoms with Gasteiger partial charge in [0.25, 0.3) is 0 Å². The van der Waals surface area contributed by atoms with E-state index in [4.69, 9.17) is 19.7 Å². The van der Waals surface area contributed by atoms with Crippen molar-refractivity contribution in [3.63, 3.8) is 0 Å². The van der Waals surface area contributed by atoms with Gasteiger partial charge >= 0.3 is 5.97 Å². The molecule has 0 atom stereocenters. The van der Waals surface area contributed by atoms with Crippen molar-refractivity contribution in [3.8, 4) is 23.2 Å². The minimum absolute atomic E-state index is 0.0651. The van der Waals surface area contributed by atoms with E-state index in [-0.39, 0.29) is 36.3 Å². The highest BCUT2D eigenvalue weighted by molar-refractivity contribution is 5.93. The number of rotatable bonds is 8. The molecule has 0 spiro atoms. The average molecular weight is 551 g/mol. The van der Waals surface area contributed by atoms with E-state index < -0.39 is 11.8 Å². The number of nitriles is 1. The number of halogens is 2. The molecule has 0 unspecified atom stereocenters. The van der Waals surface area contributed by atoms with Crippen LogP contribution in [0.1, 0.15) is 51.8 Å². The number of methoxy groups -OCH3 is 1. The Morgan fingerprint density at radius 2 is 1.80 bits per heavy atom. The van der Waals surface area contributed by atoms with Crippen LogP contribution < -0.4 is 4.74 Å². The first-order chi connectivity index (χ1) is 19.9. The maximum absolute atomic E-state index is 15.4. The molecule has 41 heavy (non-hydrogen) atoms. The number of aromatic nitrogens is 3. The molecule has 0 amide bonds. The van der Waals surface area contributed by atoms with E-state index in [1.807, 2.05) is 6.07 Å². The SMILES string of the molecule is COC(=O)c1ccc2nc(Cc3ccc(-c4cccc(OCc5ccc(C#N)cc5F)n4)cc3F)n(C3CC3)c2c1. The Labute approximate surface area is 234 Å².